The number of aryl methyl sites for hydroxylation is 1. The molecule has 1 aliphatic rings. The summed E-state index contributed by atoms with van der Waals surface area (Å²) < 4.78 is 27.6. The Morgan fingerprint density at radius 3 is 2.79 bits per heavy atom. The van der Waals surface area contributed by atoms with Gasteiger partial charge in [0.05, 0.1) is 17.7 Å². The number of β-amino-alcohol motifs (C(OH)–C–C–N with tert-alkyl or cyclic N) is 1. The molecule has 2 atom stereocenters. The molecule has 0 unspecified atom stereocenters. The molecule has 0 bridgehead atoms. The Bertz CT molecular complexity index is 850. The SMILES string of the molecule is Cc1cc(=O)[nH]cc1C(=O)N1C[C@@H](O)C[C@@H]1c1cc(F)ccc1F. The molecule has 3 rings (SSSR count). The van der Waals surface area contributed by atoms with Crippen molar-refractivity contribution in [2.45, 2.75) is 25.5 Å². The lowest BCUT2D eigenvalue weighted by molar-refractivity contribution is 0.0712. The minimum atomic E-state index is -0.829. The molecule has 1 aromatic heterocycles. The van der Waals surface area contributed by atoms with E-state index in [-0.39, 0.29) is 29.7 Å². The number of nitrogens with one attached hydrogen (secondary N) is 1. The van der Waals surface area contributed by atoms with E-state index in [9.17, 15) is 23.5 Å². The van der Waals surface area contributed by atoms with Gasteiger partial charge in [0, 0.05) is 24.4 Å². The van der Waals surface area contributed by atoms with Gasteiger partial charge in [-0.2, -0.15) is 0 Å². The number of nitrogens with zero attached hydrogens (tertiary/aromatic N) is 1. The smallest absolute Gasteiger partial charge is 0.256 e. The normalized spacial score (nSPS) is 20.4. The molecule has 0 radical (unpaired) electrons. The van der Waals surface area contributed by atoms with E-state index < -0.39 is 29.7 Å². The molecule has 1 aliphatic heterocycles. The van der Waals surface area contributed by atoms with Crippen molar-refractivity contribution in [2.75, 3.05) is 6.54 Å². The van der Waals surface area contributed by atoms with Crippen molar-refractivity contribution < 1.29 is 18.7 Å². The van der Waals surface area contributed by atoms with Gasteiger partial charge < -0.3 is 15.0 Å². The van der Waals surface area contributed by atoms with Crippen molar-refractivity contribution in [3.63, 3.8) is 0 Å². The zero-order chi connectivity index (χ0) is 17.4. The molecule has 1 saturated heterocycles. The Morgan fingerprint density at radius 1 is 1.33 bits per heavy atom. The van der Waals surface area contributed by atoms with Gasteiger partial charge in [0.15, 0.2) is 0 Å². The number of hydrogen-bond donors (Lipinski definition) is 2. The first kappa shape index (κ1) is 16.3. The molecule has 0 saturated carbocycles. The Hall–Kier alpha value is -2.54. The molecule has 1 aromatic carbocycles. The fourth-order valence-corrected chi connectivity index (χ4v) is 3.06. The zero-order valence-electron chi connectivity index (χ0n) is 12.9. The lowest BCUT2D eigenvalue weighted by Gasteiger charge is -2.25. The lowest BCUT2D eigenvalue weighted by atomic mass is 10.0. The molecule has 2 heterocycles. The minimum absolute atomic E-state index is 0.0119. The molecule has 0 spiro atoms. The van der Waals surface area contributed by atoms with E-state index >= 15 is 0 Å². The van der Waals surface area contributed by atoms with E-state index in [1.165, 1.54) is 17.2 Å². The highest BCUT2D eigenvalue weighted by Gasteiger charge is 2.37. The Labute approximate surface area is 136 Å². The van der Waals surface area contributed by atoms with Crippen LogP contribution >= 0.6 is 0 Å². The van der Waals surface area contributed by atoms with Gasteiger partial charge in [0.2, 0.25) is 5.56 Å². The molecule has 5 nitrogen and oxygen atoms in total. The molecule has 0 aliphatic carbocycles. The number of benzene rings is 1. The molecule has 7 heteroatoms. The van der Waals surface area contributed by atoms with Gasteiger partial charge in [-0.05, 0) is 37.1 Å². The Kier molecular flexibility index (Phi) is 4.19. The second-order valence-corrected chi connectivity index (χ2v) is 5.92. The number of halogens is 2. The summed E-state index contributed by atoms with van der Waals surface area (Å²) in [4.78, 5) is 27.8. The Morgan fingerprint density at radius 2 is 2.08 bits per heavy atom. The number of aliphatic hydroxyl groups excluding tert-OH is 1. The molecule has 24 heavy (non-hydrogen) atoms. The fourth-order valence-electron chi connectivity index (χ4n) is 3.06. The summed E-state index contributed by atoms with van der Waals surface area (Å²) in [5.41, 5.74) is 0.425. The first-order chi connectivity index (χ1) is 11.4. The molecular weight excluding hydrogens is 318 g/mol. The largest absolute Gasteiger partial charge is 0.391 e. The van der Waals surface area contributed by atoms with Crippen LogP contribution in [0.1, 0.15) is 33.9 Å². The molecule has 126 valence electrons. The van der Waals surface area contributed by atoms with Gasteiger partial charge in [0.25, 0.3) is 5.91 Å². The van der Waals surface area contributed by atoms with E-state index in [1.54, 1.807) is 6.92 Å². The summed E-state index contributed by atoms with van der Waals surface area (Å²) >= 11 is 0. The predicted molar refractivity (Wildman–Crippen MR) is 82.6 cm³/mol. The number of rotatable bonds is 2. The number of amides is 1. The third kappa shape index (κ3) is 2.94. The highest BCUT2D eigenvalue weighted by molar-refractivity contribution is 5.95. The zero-order valence-corrected chi connectivity index (χ0v) is 12.9. The lowest BCUT2D eigenvalue weighted by Crippen LogP contribution is -2.33. The van der Waals surface area contributed by atoms with Gasteiger partial charge >= 0.3 is 0 Å². The number of carbonyl (C=O) groups is 1. The Balaban J connectivity index is 2.00. The number of aliphatic hydroxyl groups is 1. The van der Waals surface area contributed by atoms with E-state index in [0.29, 0.717) is 5.56 Å². The second kappa shape index (κ2) is 6.16. The van der Waals surface area contributed by atoms with Crippen LogP contribution in [0.5, 0.6) is 0 Å². The fraction of sp³-hybridized carbons (Fsp3) is 0.294. The number of aromatic amines is 1. The van der Waals surface area contributed by atoms with E-state index in [4.69, 9.17) is 0 Å². The van der Waals surface area contributed by atoms with Gasteiger partial charge in [-0.15, -0.1) is 0 Å². The summed E-state index contributed by atoms with van der Waals surface area (Å²) in [6, 6.07) is 3.57. The van der Waals surface area contributed by atoms with Crippen LogP contribution in [-0.2, 0) is 0 Å². The van der Waals surface area contributed by atoms with Crippen LogP contribution in [0.2, 0.25) is 0 Å². The summed E-state index contributed by atoms with van der Waals surface area (Å²) in [7, 11) is 0. The number of likely N-dealkylation sites (tertiary alicyclic amines) is 1. The number of pyridine rings is 1. The van der Waals surface area contributed by atoms with Crippen molar-refractivity contribution in [3.8, 4) is 0 Å². The second-order valence-electron chi connectivity index (χ2n) is 5.92. The van der Waals surface area contributed by atoms with Crippen LogP contribution in [0.4, 0.5) is 8.78 Å². The van der Waals surface area contributed by atoms with Crippen LogP contribution < -0.4 is 5.56 Å². The van der Waals surface area contributed by atoms with Crippen LogP contribution in [-0.4, -0.2) is 33.5 Å². The molecule has 1 fully saturated rings. The number of hydrogen-bond acceptors (Lipinski definition) is 3. The summed E-state index contributed by atoms with van der Waals surface area (Å²) in [6.07, 6.45) is 0.586. The maximum absolute atomic E-state index is 14.1. The maximum atomic E-state index is 14.1. The third-order valence-corrected chi connectivity index (χ3v) is 4.22. The summed E-state index contributed by atoms with van der Waals surface area (Å²) in [6.45, 7) is 1.63. The van der Waals surface area contributed by atoms with Crippen LogP contribution in [0.15, 0.2) is 35.3 Å². The topological polar surface area (TPSA) is 73.4 Å². The quantitative estimate of drug-likeness (QED) is 0.881. The van der Waals surface area contributed by atoms with Crippen LogP contribution in [0.25, 0.3) is 0 Å². The molecule has 2 aromatic rings. The minimum Gasteiger partial charge on any atom is -0.391 e. The number of H-pyrrole nitrogens is 1. The van der Waals surface area contributed by atoms with E-state index in [2.05, 4.69) is 4.98 Å². The maximum Gasteiger partial charge on any atom is 0.256 e. The van der Waals surface area contributed by atoms with Gasteiger partial charge in [-0.25, -0.2) is 8.78 Å². The van der Waals surface area contributed by atoms with Gasteiger partial charge in [0.1, 0.15) is 11.6 Å². The van der Waals surface area contributed by atoms with E-state index in [0.717, 1.165) is 18.2 Å². The van der Waals surface area contributed by atoms with Crippen molar-refractivity contribution >= 4 is 5.91 Å². The van der Waals surface area contributed by atoms with Gasteiger partial charge in [-0.3, -0.25) is 9.59 Å². The van der Waals surface area contributed by atoms with Crippen LogP contribution in [0.3, 0.4) is 0 Å². The van der Waals surface area contributed by atoms with E-state index in [1.807, 2.05) is 0 Å². The highest BCUT2D eigenvalue weighted by Crippen LogP contribution is 2.35. The third-order valence-electron chi connectivity index (χ3n) is 4.22. The van der Waals surface area contributed by atoms with Crippen molar-refractivity contribution in [3.05, 3.63) is 69.1 Å². The number of aromatic nitrogens is 1. The van der Waals surface area contributed by atoms with Crippen molar-refractivity contribution in [1.82, 2.24) is 9.88 Å². The average molecular weight is 334 g/mol. The predicted octanol–water partition coefficient (Wildman–Crippen LogP) is 1.91. The van der Waals surface area contributed by atoms with Crippen molar-refractivity contribution in [2.24, 2.45) is 0 Å². The van der Waals surface area contributed by atoms with Crippen molar-refractivity contribution in [1.29, 1.82) is 0 Å². The summed E-state index contributed by atoms with van der Waals surface area (Å²) in [5.74, 6) is -1.69. The molecular formula is C17H16F2N2O3. The standard InChI is InChI=1S/C17H16F2N2O3/c1-9-4-16(23)20-7-13(9)17(24)21-8-11(22)6-15(21)12-5-10(18)2-3-14(12)19/h2-5,7,11,15,22H,6,8H2,1H3,(H,20,23)/t11-,15+/m0/s1. The average Bonchev–Trinajstić information content (AvgIpc) is 2.91. The highest BCUT2D eigenvalue weighted by atomic mass is 19.1. The number of carbonyl (C=O) groups excluding carboxylic acids is 1. The first-order valence-corrected chi connectivity index (χ1v) is 7.50. The monoisotopic (exact) mass is 334 g/mol. The summed E-state index contributed by atoms with van der Waals surface area (Å²) in [5, 5.41) is 9.93. The van der Waals surface area contributed by atoms with Gasteiger partial charge in [-0.1, -0.05) is 0 Å². The molecule has 1 amide bonds. The molecule has 2 N–H and O–H groups in total. The first-order valence-electron chi connectivity index (χ1n) is 7.50. The van der Waals surface area contributed by atoms with Crippen LogP contribution in [0, 0.1) is 18.6 Å².